The van der Waals surface area contributed by atoms with Gasteiger partial charge in [0.25, 0.3) is 5.91 Å². The Morgan fingerprint density at radius 1 is 1.00 bits per heavy atom. The van der Waals surface area contributed by atoms with Crippen LogP contribution in [0.1, 0.15) is 36.2 Å². The van der Waals surface area contributed by atoms with E-state index in [4.69, 9.17) is 4.74 Å². The van der Waals surface area contributed by atoms with Crippen molar-refractivity contribution >= 4 is 17.5 Å². The molecule has 0 radical (unpaired) electrons. The summed E-state index contributed by atoms with van der Waals surface area (Å²) >= 11 is 0. The topological polar surface area (TPSA) is 70.7 Å². The Kier molecular flexibility index (Phi) is 8.71. The number of carbonyl (C=O) groups excluding carboxylic acids is 2. The van der Waals surface area contributed by atoms with Crippen molar-refractivity contribution in [1.29, 1.82) is 0 Å². The van der Waals surface area contributed by atoms with Crippen LogP contribution in [0.2, 0.25) is 0 Å². The molecule has 0 saturated carbocycles. The number of amides is 2. The lowest BCUT2D eigenvalue weighted by Gasteiger charge is -2.22. The standard InChI is InChI=1S/C24H33N3O3/c1-17(2)22(26-23(28)19-10-14-21(30-5)15-11-19)24(29)25-16-6-7-18-8-12-20(13-9-18)27(3)4/h8-15,17,22H,6-7,16H2,1-5H3,(H,25,29)(H,26,28). The first kappa shape index (κ1) is 23.3. The number of methoxy groups -OCH3 is 1. The van der Waals surface area contributed by atoms with Crippen molar-refractivity contribution < 1.29 is 14.3 Å². The van der Waals surface area contributed by atoms with E-state index in [1.54, 1.807) is 31.4 Å². The zero-order chi connectivity index (χ0) is 22.1. The fourth-order valence-electron chi connectivity index (χ4n) is 3.08. The molecule has 0 fully saturated rings. The van der Waals surface area contributed by atoms with E-state index in [0.717, 1.165) is 12.8 Å². The van der Waals surface area contributed by atoms with Crippen molar-refractivity contribution in [3.63, 3.8) is 0 Å². The molecule has 6 heteroatoms. The van der Waals surface area contributed by atoms with E-state index in [1.165, 1.54) is 11.3 Å². The molecule has 0 heterocycles. The van der Waals surface area contributed by atoms with Crippen molar-refractivity contribution in [2.75, 3.05) is 32.6 Å². The normalized spacial score (nSPS) is 11.7. The van der Waals surface area contributed by atoms with Crippen LogP contribution in [0.15, 0.2) is 48.5 Å². The van der Waals surface area contributed by atoms with Crippen molar-refractivity contribution in [2.45, 2.75) is 32.7 Å². The highest BCUT2D eigenvalue weighted by atomic mass is 16.5. The van der Waals surface area contributed by atoms with Gasteiger partial charge in [0, 0.05) is 31.9 Å². The van der Waals surface area contributed by atoms with E-state index in [1.807, 2.05) is 27.9 Å². The third-order valence-electron chi connectivity index (χ3n) is 4.98. The van der Waals surface area contributed by atoms with Crippen LogP contribution in [-0.2, 0) is 11.2 Å². The first-order chi connectivity index (χ1) is 14.3. The largest absolute Gasteiger partial charge is 0.497 e. The first-order valence-electron chi connectivity index (χ1n) is 10.3. The lowest BCUT2D eigenvalue weighted by Crippen LogP contribution is -2.49. The van der Waals surface area contributed by atoms with Gasteiger partial charge in [0.2, 0.25) is 5.91 Å². The summed E-state index contributed by atoms with van der Waals surface area (Å²) in [6.07, 6.45) is 1.73. The number of rotatable bonds is 10. The van der Waals surface area contributed by atoms with Crippen LogP contribution in [0.25, 0.3) is 0 Å². The number of benzene rings is 2. The number of nitrogens with one attached hydrogen (secondary N) is 2. The lowest BCUT2D eigenvalue weighted by atomic mass is 10.0. The monoisotopic (exact) mass is 411 g/mol. The summed E-state index contributed by atoms with van der Waals surface area (Å²) in [6.45, 7) is 4.41. The third kappa shape index (κ3) is 6.79. The molecule has 30 heavy (non-hydrogen) atoms. The van der Waals surface area contributed by atoms with Gasteiger partial charge in [-0.25, -0.2) is 0 Å². The van der Waals surface area contributed by atoms with Crippen LogP contribution >= 0.6 is 0 Å². The van der Waals surface area contributed by atoms with Crippen molar-refractivity contribution in [3.05, 3.63) is 59.7 Å². The number of ether oxygens (including phenoxy) is 1. The van der Waals surface area contributed by atoms with Gasteiger partial charge in [0.05, 0.1) is 7.11 Å². The number of aryl methyl sites for hydroxylation is 1. The van der Waals surface area contributed by atoms with Crippen molar-refractivity contribution in [3.8, 4) is 5.75 Å². The first-order valence-corrected chi connectivity index (χ1v) is 10.3. The second-order valence-corrected chi connectivity index (χ2v) is 7.88. The second kappa shape index (κ2) is 11.2. The van der Waals surface area contributed by atoms with E-state index in [9.17, 15) is 9.59 Å². The molecule has 0 aromatic heterocycles. The molecule has 2 rings (SSSR count). The van der Waals surface area contributed by atoms with Crippen LogP contribution in [0.3, 0.4) is 0 Å². The summed E-state index contributed by atoms with van der Waals surface area (Å²) in [7, 11) is 5.61. The average Bonchev–Trinajstić information content (AvgIpc) is 2.74. The second-order valence-electron chi connectivity index (χ2n) is 7.88. The molecule has 2 amide bonds. The fourth-order valence-corrected chi connectivity index (χ4v) is 3.08. The Morgan fingerprint density at radius 2 is 1.63 bits per heavy atom. The van der Waals surface area contributed by atoms with E-state index in [2.05, 4.69) is 39.8 Å². The summed E-state index contributed by atoms with van der Waals surface area (Å²) in [5.41, 5.74) is 2.90. The van der Waals surface area contributed by atoms with Gasteiger partial charge in [0.1, 0.15) is 11.8 Å². The fraction of sp³-hybridized carbons (Fsp3) is 0.417. The molecule has 0 aliphatic heterocycles. The molecule has 1 atom stereocenters. The number of nitrogens with zero attached hydrogens (tertiary/aromatic N) is 1. The average molecular weight is 412 g/mol. The zero-order valence-electron chi connectivity index (χ0n) is 18.6. The predicted molar refractivity (Wildman–Crippen MR) is 121 cm³/mol. The summed E-state index contributed by atoms with van der Waals surface area (Å²) in [5.74, 6) is 0.231. The Labute approximate surface area is 179 Å². The van der Waals surface area contributed by atoms with E-state index < -0.39 is 6.04 Å². The molecule has 2 aromatic rings. The Hall–Kier alpha value is -3.02. The highest BCUT2D eigenvalue weighted by molar-refractivity contribution is 5.97. The molecular weight excluding hydrogens is 378 g/mol. The van der Waals surface area contributed by atoms with Crippen LogP contribution in [0.4, 0.5) is 5.69 Å². The van der Waals surface area contributed by atoms with Gasteiger partial charge in [-0.1, -0.05) is 26.0 Å². The van der Waals surface area contributed by atoms with Gasteiger partial charge >= 0.3 is 0 Å². The number of carbonyl (C=O) groups is 2. The molecule has 1 unspecified atom stereocenters. The van der Waals surface area contributed by atoms with Gasteiger partial charge in [-0.15, -0.1) is 0 Å². The van der Waals surface area contributed by atoms with E-state index in [0.29, 0.717) is 17.9 Å². The quantitative estimate of drug-likeness (QED) is 0.589. The summed E-state index contributed by atoms with van der Waals surface area (Å²) in [5, 5.41) is 5.81. The van der Waals surface area contributed by atoms with Gasteiger partial charge in [-0.05, 0) is 60.7 Å². The molecular formula is C24H33N3O3. The maximum atomic E-state index is 12.6. The molecule has 162 valence electrons. The Bertz CT molecular complexity index is 815. The zero-order valence-corrected chi connectivity index (χ0v) is 18.6. The predicted octanol–water partition coefficient (Wildman–Crippen LogP) is 3.26. The number of anilines is 1. The van der Waals surface area contributed by atoms with Crippen LogP contribution in [0.5, 0.6) is 5.75 Å². The van der Waals surface area contributed by atoms with Gasteiger partial charge in [0.15, 0.2) is 0 Å². The molecule has 0 bridgehead atoms. The molecule has 2 N–H and O–H groups in total. The molecule has 6 nitrogen and oxygen atoms in total. The summed E-state index contributed by atoms with van der Waals surface area (Å²) in [6, 6.07) is 14.7. The molecule has 0 saturated heterocycles. The molecule has 2 aromatic carbocycles. The van der Waals surface area contributed by atoms with Gasteiger partial charge in [-0.3, -0.25) is 9.59 Å². The minimum Gasteiger partial charge on any atom is -0.497 e. The van der Waals surface area contributed by atoms with Crippen LogP contribution in [0, 0.1) is 5.92 Å². The minimum atomic E-state index is -0.584. The van der Waals surface area contributed by atoms with Gasteiger partial charge < -0.3 is 20.3 Å². The maximum absolute atomic E-state index is 12.6. The molecule has 0 aliphatic carbocycles. The SMILES string of the molecule is COc1ccc(C(=O)NC(C(=O)NCCCc2ccc(N(C)C)cc2)C(C)C)cc1. The maximum Gasteiger partial charge on any atom is 0.251 e. The van der Waals surface area contributed by atoms with Crippen LogP contribution in [-0.4, -0.2) is 45.6 Å². The van der Waals surface area contributed by atoms with E-state index in [-0.39, 0.29) is 17.7 Å². The number of hydrogen-bond donors (Lipinski definition) is 2. The third-order valence-corrected chi connectivity index (χ3v) is 4.98. The highest BCUT2D eigenvalue weighted by Crippen LogP contribution is 2.14. The summed E-state index contributed by atoms with van der Waals surface area (Å²) < 4.78 is 5.11. The van der Waals surface area contributed by atoms with Gasteiger partial charge in [-0.2, -0.15) is 0 Å². The van der Waals surface area contributed by atoms with Crippen LogP contribution < -0.4 is 20.3 Å². The minimum absolute atomic E-state index is 0.0224. The lowest BCUT2D eigenvalue weighted by molar-refractivity contribution is -0.123. The Morgan fingerprint density at radius 3 is 2.17 bits per heavy atom. The van der Waals surface area contributed by atoms with E-state index >= 15 is 0 Å². The molecule has 0 spiro atoms. The summed E-state index contributed by atoms with van der Waals surface area (Å²) in [4.78, 5) is 27.2. The highest BCUT2D eigenvalue weighted by Gasteiger charge is 2.24. The number of hydrogen-bond acceptors (Lipinski definition) is 4. The molecule has 0 aliphatic rings. The van der Waals surface area contributed by atoms with Crippen molar-refractivity contribution in [2.24, 2.45) is 5.92 Å². The smallest absolute Gasteiger partial charge is 0.251 e. The van der Waals surface area contributed by atoms with Crippen molar-refractivity contribution in [1.82, 2.24) is 10.6 Å². The Balaban J connectivity index is 1.83.